The first kappa shape index (κ1) is 16.6. The van der Waals surface area contributed by atoms with E-state index < -0.39 is 5.91 Å². The first-order chi connectivity index (χ1) is 12.7. The SMILES string of the molecule is CSc1ccc(-c2ccc(C3Nc4ccc(C(=O)NO)cc4N3)o2)cc1. The van der Waals surface area contributed by atoms with Crippen LogP contribution < -0.4 is 16.1 Å². The highest BCUT2D eigenvalue weighted by Crippen LogP contribution is 2.37. The van der Waals surface area contributed by atoms with Crippen molar-refractivity contribution < 1.29 is 14.4 Å². The van der Waals surface area contributed by atoms with Crippen LogP contribution in [0.3, 0.4) is 0 Å². The van der Waals surface area contributed by atoms with Gasteiger partial charge in [-0.1, -0.05) is 12.1 Å². The van der Waals surface area contributed by atoms with Crippen molar-refractivity contribution in [2.75, 3.05) is 16.9 Å². The van der Waals surface area contributed by atoms with E-state index in [0.717, 1.165) is 28.5 Å². The number of carbonyl (C=O) groups is 1. The van der Waals surface area contributed by atoms with E-state index in [2.05, 4.69) is 22.8 Å². The number of rotatable bonds is 4. The van der Waals surface area contributed by atoms with Crippen LogP contribution in [0.15, 0.2) is 63.9 Å². The highest BCUT2D eigenvalue weighted by molar-refractivity contribution is 7.98. The van der Waals surface area contributed by atoms with E-state index in [9.17, 15) is 4.79 Å². The fourth-order valence-corrected chi connectivity index (χ4v) is 3.31. The minimum atomic E-state index is -0.549. The number of hydroxylamine groups is 1. The fourth-order valence-electron chi connectivity index (χ4n) is 2.90. The summed E-state index contributed by atoms with van der Waals surface area (Å²) in [4.78, 5) is 12.7. The standard InChI is InChI=1S/C19H17N3O3S/c1-26-13-5-2-11(3-6-13)16-8-9-17(25-16)18-20-14-7-4-12(19(23)22-24)10-15(14)21-18/h2-10,18,20-21,24H,1H3,(H,22,23). The molecule has 26 heavy (non-hydrogen) atoms. The number of amides is 1. The number of furan rings is 1. The molecule has 1 aliphatic heterocycles. The molecule has 1 atom stereocenters. The summed E-state index contributed by atoms with van der Waals surface area (Å²) in [6.07, 6.45) is 1.82. The molecule has 0 radical (unpaired) electrons. The lowest BCUT2D eigenvalue weighted by molar-refractivity contribution is 0.0706. The summed E-state index contributed by atoms with van der Waals surface area (Å²) in [7, 11) is 0. The van der Waals surface area contributed by atoms with Gasteiger partial charge >= 0.3 is 0 Å². The second-order valence-electron chi connectivity index (χ2n) is 5.85. The molecule has 0 fully saturated rings. The third kappa shape index (κ3) is 3.02. The Hall–Kier alpha value is -2.90. The first-order valence-electron chi connectivity index (χ1n) is 8.03. The Labute approximate surface area is 154 Å². The maximum Gasteiger partial charge on any atom is 0.274 e. The van der Waals surface area contributed by atoms with Crippen LogP contribution in [0.25, 0.3) is 11.3 Å². The molecule has 4 rings (SSSR count). The minimum Gasteiger partial charge on any atom is -0.457 e. The van der Waals surface area contributed by atoms with Crippen LogP contribution in [-0.2, 0) is 0 Å². The van der Waals surface area contributed by atoms with Crippen LogP contribution in [-0.4, -0.2) is 17.4 Å². The Balaban J connectivity index is 1.54. The largest absolute Gasteiger partial charge is 0.457 e. The topological polar surface area (TPSA) is 86.5 Å². The van der Waals surface area contributed by atoms with Crippen molar-refractivity contribution in [2.24, 2.45) is 0 Å². The maximum absolute atomic E-state index is 11.5. The first-order valence-corrected chi connectivity index (χ1v) is 9.26. The van der Waals surface area contributed by atoms with Crippen molar-refractivity contribution in [1.82, 2.24) is 5.48 Å². The summed E-state index contributed by atoms with van der Waals surface area (Å²) in [5.41, 5.74) is 4.67. The molecular formula is C19H17N3O3S. The minimum absolute atomic E-state index is 0.225. The van der Waals surface area contributed by atoms with Crippen LogP contribution in [0.2, 0.25) is 0 Å². The van der Waals surface area contributed by atoms with E-state index in [4.69, 9.17) is 9.62 Å². The van der Waals surface area contributed by atoms with Crippen LogP contribution >= 0.6 is 11.8 Å². The Bertz CT molecular complexity index is 953. The number of benzene rings is 2. The Morgan fingerprint density at radius 1 is 1.08 bits per heavy atom. The van der Waals surface area contributed by atoms with Gasteiger partial charge in [-0.05, 0) is 48.7 Å². The van der Waals surface area contributed by atoms with Crippen LogP contribution in [0.1, 0.15) is 22.3 Å². The van der Waals surface area contributed by atoms with Crippen LogP contribution in [0.5, 0.6) is 0 Å². The fraction of sp³-hybridized carbons (Fsp3) is 0.105. The molecule has 0 saturated carbocycles. The molecule has 0 spiro atoms. The molecule has 1 aromatic heterocycles. The molecule has 6 nitrogen and oxygen atoms in total. The van der Waals surface area contributed by atoms with Gasteiger partial charge in [0.15, 0.2) is 6.17 Å². The quantitative estimate of drug-likeness (QED) is 0.312. The average molecular weight is 367 g/mol. The summed E-state index contributed by atoms with van der Waals surface area (Å²) in [6.45, 7) is 0. The van der Waals surface area contributed by atoms with Crippen LogP contribution in [0.4, 0.5) is 11.4 Å². The van der Waals surface area contributed by atoms with Crippen molar-refractivity contribution in [3.05, 3.63) is 65.9 Å². The van der Waals surface area contributed by atoms with Gasteiger partial charge in [0.2, 0.25) is 0 Å². The lowest BCUT2D eigenvalue weighted by atomic mass is 10.1. The number of anilines is 2. The second-order valence-corrected chi connectivity index (χ2v) is 6.73. The number of carbonyl (C=O) groups excluding carboxylic acids is 1. The van der Waals surface area contributed by atoms with Gasteiger partial charge in [0.05, 0.1) is 11.4 Å². The molecule has 3 aromatic rings. The average Bonchev–Trinajstić information content (AvgIpc) is 3.33. The number of hydrogen-bond donors (Lipinski definition) is 4. The van der Waals surface area contributed by atoms with E-state index in [1.54, 1.807) is 35.4 Å². The predicted molar refractivity (Wildman–Crippen MR) is 102 cm³/mol. The molecule has 1 amide bonds. The number of hydrogen-bond acceptors (Lipinski definition) is 6. The summed E-state index contributed by atoms with van der Waals surface area (Å²) < 4.78 is 6.01. The van der Waals surface area contributed by atoms with Gasteiger partial charge in [-0.3, -0.25) is 10.0 Å². The van der Waals surface area contributed by atoms with E-state index in [-0.39, 0.29) is 6.17 Å². The highest BCUT2D eigenvalue weighted by atomic mass is 32.2. The summed E-state index contributed by atoms with van der Waals surface area (Å²) >= 11 is 1.70. The zero-order valence-corrected chi connectivity index (χ0v) is 14.8. The monoisotopic (exact) mass is 367 g/mol. The third-order valence-electron chi connectivity index (χ3n) is 4.27. The lowest BCUT2D eigenvalue weighted by Gasteiger charge is -2.09. The van der Waals surface area contributed by atoms with Crippen molar-refractivity contribution in [3.63, 3.8) is 0 Å². The zero-order chi connectivity index (χ0) is 18.1. The summed E-state index contributed by atoms with van der Waals surface area (Å²) in [5, 5.41) is 15.4. The van der Waals surface area contributed by atoms with Crippen molar-refractivity contribution in [1.29, 1.82) is 0 Å². The third-order valence-corrected chi connectivity index (χ3v) is 5.01. The molecule has 2 heterocycles. The normalized spacial score (nSPS) is 15.1. The van der Waals surface area contributed by atoms with Crippen molar-refractivity contribution in [2.45, 2.75) is 11.1 Å². The van der Waals surface area contributed by atoms with E-state index in [1.807, 2.05) is 30.5 Å². The van der Waals surface area contributed by atoms with Gasteiger partial charge in [-0.15, -0.1) is 11.8 Å². The molecular weight excluding hydrogens is 350 g/mol. The van der Waals surface area contributed by atoms with E-state index in [1.165, 1.54) is 4.90 Å². The Morgan fingerprint density at radius 2 is 1.85 bits per heavy atom. The highest BCUT2D eigenvalue weighted by Gasteiger charge is 2.24. The van der Waals surface area contributed by atoms with E-state index in [0.29, 0.717) is 5.56 Å². The molecule has 1 aliphatic rings. The van der Waals surface area contributed by atoms with Gasteiger partial charge in [-0.25, -0.2) is 5.48 Å². The van der Waals surface area contributed by atoms with Gasteiger partial charge in [0.25, 0.3) is 5.91 Å². The Morgan fingerprint density at radius 3 is 2.58 bits per heavy atom. The molecule has 0 aliphatic carbocycles. The van der Waals surface area contributed by atoms with Crippen LogP contribution in [0, 0.1) is 0 Å². The maximum atomic E-state index is 11.5. The number of thioether (sulfide) groups is 1. The summed E-state index contributed by atoms with van der Waals surface area (Å²) in [6, 6.07) is 17.2. The molecule has 132 valence electrons. The second kappa shape index (κ2) is 6.78. The predicted octanol–water partition coefficient (Wildman–Crippen LogP) is 4.32. The zero-order valence-electron chi connectivity index (χ0n) is 13.9. The molecule has 4 N–H and O–H groups in total. The lowest BCUT2D eigenvalue weighted by Crippen LogP contribution is -2.18. The number of fused-ring (bicyclic) bond motifs is 1. The van der Waals surface area contributed by atoms with Gasteiger partial charge in [0, 0.05) is 16.0 Å². The van der Waals surface area contributed by atoms with Gasteiger partial charge in [-0.2, -0.15) is 0 Å². The smallest absolute Gasteiger partial charge is 0.274 e. The van der Waals surface area contributed by atoms with Gasteiger partial charge < -0.3 is 15.1 Å². The molecule has 0 saturated heterocycles. The molecule has 1 unspecified atom stereocenters. The summed E-state index contributed by atoms with van der Waals surface area (Å²) in [5.74, 6) is 0.998. The Kier molecular flexibility index (Phi) is 4.32. The number of nitrogens with one attached hydrogen (secondary N) is 3. The van der Waals surface area contributed by atoms with Crippen molar-refractivity contribution in [3.8, 4) is 11.3 Å². The molecule has 7 heteroatoms. The van der Waals surface area contributed by atoms with E-state index >= 15 is 0 Å². The van der Waals surface area contributed by atoms with Crippen molar-refractivity contribution >= 4 is 29.0 Å². The molecule has 2 aromatic carbocycles. The van der Waals surface area contributed by atoms with Gasteiger partial charge in [0.1, 0.15) is 11.5 Å². The molecule has 0 bridgehead atoms.